The predicted molar refractivity (Wildman–Crippen MR) is 64.7 cm³/mol. The third-order valence-corrected chi connectivity index (χ3v) is 5.96. The smallest absolute Gasteiger partial charge is 0.373 e. The van der Waals surface area contributed by atoms with Gasteiger partial charge < -0.3 is 18.2 Å². The van der Waals surface area contributed by atoms with Crippen LogP contribution in [0.25, 0.3) is 6.08 Å². The fourth-order valence-corrected chi connectivity index (χ4v) is 4.45. The average Bonchev–Trinajstić information content (AvgIpc) is 3.23. The highest BCUT2D eigenvalue weighted by Crippen LogP contribution is 2.73. The van der Waals surface area contributed by atoms with E-state index in [1.807, 2.05) is 6.08 Å². The van der Waals surface area contributed by atoms with Gasteiger partial charge in [-0.15, -0.1) is 0 Å². The minimum atomic E-state index is -2.74. The molecule has 4 nitrogen and oxygen atoms in total. The molecule has 3 aliphatic heterocycles. The van der Waals surface area contributed by atoms with Crippen LogP contribution in [-0.2, 0) is 13.3 Å². The van der Waals surface area contributed by atoms with E-state index in [4.69, 9.17) is 13.3 Å². The van der Waals surface area contributed by atoms with Crippen LogP contribution in [0.4, 0.5) is 17.1 Å². The zero-order valence-corrected chi connectivity index (χ0v) is 10.5. The minimum absolute atomic E-state index is 1.04. The fraction of sp³-hybridized carbons (Fsp3) is 0.273. The number of nitrogens with zero attached hydrogens (tertiary/aromatic N) is 1. The summed E-state index contributed by atoms with van der Waals surface area (Å²) in [5, 5.41) is 1.04. The Labute approximate surface area is 95.4 Å². The van der Waals surface area contributed by atoms with Crippen LogP contribution < -0.4 is 10.1 Å². The van der Waals surface area contributed by atoms with Crippen LogP contribution in [0.15, 0.2) is 12.6 Å². The number of benzene rings is 1. The van der Waals surface area contributed by atoms with Gasteiger partial charge in [0, 0.05) is 21.3 Å². The van der Waals surface area contributed by atoms with E-state index >= 15 is 0 Å². The quantitative estimate of drug-likeness (QED) is 0.495. The van der Waals surface area contributed by atoms with Gasteiger partial charge in [-0.05, 0) is 11.6 Å². The maximum absolute atomic E-state index is 5.51. The lowest BCUT2D eigenvalue weighted by molar-refractivity contribution is 0.140. The van der Waals surface area contributed by atoms with Gasteiger partial charge in [0.2, 0.25) is 0 Å². The van der Waals surface area contributed by atoms with E-state index in [-0.39, 0.29) is 0 Å². The van der Waals surface area contributed by atoms with Crippen molar-refractivity contribution in [3.63, 3.8) is 0 Å². The molecule has 4 rings (SSSR count). The van der Waals surface area contributed by atoms with E-state index in [0.717, 1.165) is 10.8 Å². The molecule has 0 radical (unpaired) electrons. The van der Waals surface area contributed by atoms with Crippen molar-refractivity contribution in [1.29, 1.82) is 0 Å². The van der Waals surface area contributed by atoms with Gasteiger partial charge in [-0.25, -0.2) is 0 Å². The summed E-state index contributed by atoms with van der Waals surface area (Å²) >= 11 is 0. The zero-order valence-electron chi connectivity index (χ0n) is 9.53. The third kappa shape index (κ3) is 0.940. The van der Waals surface area contributed by atoms with Crippen molar-refractivity contribution < 1.29 is 13.3 Å². The lowest BCUT2D eigenvalue weighted by Crippen LogP contribution is -2.55. The zero-order chi connectivity index (χ0) is 11.5. The number of hydrogen-bond donors (Lipinski definition) is 0. The van der Waals surface area contributed by atoms with Gasteiger partial charge in [0.25, 0.3) is 0 Å². The number of rotatable bonds is 5. The van der Waals surface area contributed by atoms with Crippen LogP contribution in [0.1, 0.15) is 5.56 Å². The Kier molecular flexibility index (Phi) is 1.85. The van der Waals surface area contributed by atoms with Crippen LogP contribution in [0.3, 0.4) is 0 Å². The van der Waals surface area contributed by atoms with Crippen LogP contribution in [0.2, 0.25) is 0 Å². The highest BCUT2D eigenvalue weighted by molar-refractivity contribution is 6.79. The molecule has 3 heterocycles. The van der Waals surface area contributed by atoms with E-state index in [0.29, 0.717) is 0 Å². The highest BCUT2D eigenvalue weighted by atomic mass is 28.4. The molecule has 0 saturated heterocycles. The minimum Gasteiger partial charge on any atom is -0.373 e. The van der Waals surface area contributed by atoms with Gasteiger partial charge in [0.15, 0.2) is 0 Å². The normalized spacial score (nSPS) is 14.8. The van der Waals surface area contributed by atoms with E-state index in [1.54, 1.807) is 21.3 Å². The Morgan fingerprint density at radius 1 is 1.19 bits per heavy atom. The monoisotopic (exact) mass is 235 g/mol. The van der Waals surface area contributed by atoms with Gasteiger partial charge in [0.1, 0.15) is 0 Å². The summed E-state index contributed by atoms with van der Waals surface area (Å²) in [6.45, 7) is 3.83. The van der Waals surface area contributed by atoms with E-state index in [2.05, 4.69) is 17.5 Å². The molecule has 0 unspecified atom stereocenters. The Hall–Kier alpha value is -1.14. The van der Waals surface area contributed by atoms with Crippen molar-refractivity contribution >= 4 is 37.1 Å². The second kappa shape index (κ2) is 2.95. The summed E-state index contributed by atoms with van der Waals surface area (Å²) in [5.74, 6) is 0. The Bertz CT molecular complexity index is 488. The molecule has 0 fully saturated rings. The second-order valence-electron chi connectivity index (χ2n) is 3.77. The molecule has 1 aromatic carbocycles. The molecule has 5 heteroatoms. The summed E-state index contributed by atoms with van der Waals surface area (Å²) < 4.78 is 16.5. The Morgan fingerprint density at radius 2 is 1.75 bits per heavy atom. The lowest BCUT2D eigenvalue weighted by Gasteiger charge is -2.26. The molecule has 0 amide bonds. The first-order valence-corrected chi connectivity index (χ1v) is 6.76. The molecule has 84 valence electrons. The molecule has 0 spiro atoms. The van der Waals surface area contributed by atoms with Gasteiger partial charge in [-0.3, -0.25) is 0 Å². The van der Waals surface area contributed by atoms with E-state index in [9.17, 15) is 0 Å². The molecular formula is C11H13NO3Si. The SMILES string of the molecule is C=Cc1cc2c3c(c1[Si](OC)(OC)OC)N23. The Morgan fingerprint density at radius 3 is 2.19 bits per heavy atom. The van der Waals surface area contributed by atoms with Gasteiger partial charge in [0.05, 0.1) is 22.2 Å². The number of hydrogen-bond acceptors (Lipinski definition) is 4. The molecule has 3 aliphatic rings. The lowest BCUT2D eigenvalue weighted by atomic mass is 10.2. The summed E-state index contributed by atoms with van der Waals surface area (Å²) in [4.78, 5) is 2.18. The summed E-state index contributed by atoms with van der Waals surface area (Å²) in [6, 6.07) is 2.10. The van der Waals surface area contributed by atoms with Crippen molar-refractivity contribution in [1.82, 2.24) is 0 Å². The fourth-order valence-electron chi connectivity index (χ4n) is 2.29. The van der Waals surface area contributed by atoms with E-state index in [1.165, 1.54) is 17.1 Å². The first kappa shape index (κ1) is 10.0. The van der Waals surface area contributed by atoms with Crippen LogP contribution in [-0.4, -0.2) is 30.1 Å². The largest absolute Gasteiger partial charge is 0.539 e. The van der Waals surface area contributed by atoms with Gasteiger partial charge in [-0.2, -0.15) is 0 Å². The maximum atomic E-state index is 5.51. The molecule has 1 aromatic rings. The molecule has 0 saturated carbocycles. The van der Waals surface area contributed by atoms with Crippen LogP contribution in [0.5, 0.6) is 0 Å². The Balaban J connectivity index is 2.16. The topological polar surface area (TPSA) is 30.7 Å². The summed E-state index contributed by atoms with van der Waals surface area (Å²) in [7, 11) is 2.14. The van der Waals surface area contributed by atoms with Crippen LogP contribution >= 0.6 is 0 Å². The molecule has 0 aromatic heterocycles. The standard InChI is InChI=1S/C11H13NO3Si/c1-5-7-6-8-9-10(12(8)9)11(7)16(13-2,14-3)15-4/h5-6H,1H2,2-4H3. The van der Waals surface area contributed by atoms with E-state index < -0.39 is 8.80 Å². The first-order valence-electron chi connectivity index (χ1n) is 5.03. The molecule has 0 atom stereocenters. The highest BCUT2D eigenvalue weighted by Gasteiger charge is 2.60. The number of fused-ring (bicyclic) bond motifs is 2. The molecule has 0 N–H and O–H groups in total. The first-order chi connectivity index (χ1) is 7.74. The molecule has 2 bridgehead atoms. The summed E-state index contributed by atoms with van der Waals surface area (Å²) in [6.07, 6.45) is 1.83. The molecule has 0 aliphatic carbocycles. The maximum Gasteiger partial charge on any atom is 0.539 e. The van der Waals surface area contributed by atoms with Crippen molar-refractivity contribution in [3.8, 4) is 0 Å². The van der Waals surface area contributed by atoms with Crippen molar-refractivity contribution in [3.05, 3.63) is 18.2 Å². The number of anilines is 3. The summed E-state index contributed by atoms with van der Waals surface area (Å²) in [5.41, 5.74) is 4.87. The van der Waals surface area contributed by atoms with Crippen molar-refractivity contribution in [2.24, 2.45) is 0 Å². The average molecular weight is 235 g/mol. The van der Waals surface area contributed by atoms with Crippen LogP contribution in [0, 0.1) is 0 Å². The second-order valence-corrected chi connectivity index (χ2v) is 6.60. The van der Waals surface area contributed by atoms with Crippen molar-refractivity contribution in [2.75, 3.05) is 26.2 Å². The third-order valence-electron chi connectivity index (χ3n) is 3.21. The molecule has 16 heavy (non-hydrogen) atoms. The molecular weight excluding hydrogens is 222 g/mol. The van der Waals surface area contributed by atoms with Crippen molar-refractivity contribution in [2.45, 2.75) is 0 Å². The van der Waals surface area contributed by atoms with Gasteiger partial charge >= 0.3 is 8.80 Å². The van der Waals surface area contributed by atoms with Gasteiger partial charge in [-0.1, -0.05) is 12.7 Å². The predicted octanol–water partition coefficient (Wildman–Crippen LogP) is 1.51.